The molecule has 0 heterocycles. The molecule has 0 aliphatic heterocycles. The summed E-state index contributed by atoms with van der Waals surface area (Å²) in [5.41, 5.74) is 3.85. The Morgan fingerprint density at radius 1 is 1.16 bits per heavy atom. The number of hydrogen-bond donors (Lipinski definition) is 0. The second-order valence-corrected chi connectivity index (χ2v) is 5.56. The Kier molecular flexibility index (Phi) is 5.85. The standard InChI is InChI=1S/C19H18F2O4/c1-11-12(2)17(10-22)16(18(23)24-3)9-14(11)8-13-4-6-15(7-5-13)25-19(20)21/h4-7,9-10,19H,8H2,1-3H3. The molecule has 0 aliphatic rings. The van der Waals surface area contributed by atoms with E-state index in [4.69, 9.17) is 4.74 Å². The van der Waals surface area contributed by atoms with Gasteiger partial charge in [0.1, 0.15) is 5.75 Å². The lowest BCUT2D eigenvalue weighted by atomic mass is 9.90. The van der Waals surface area contributed by atoms with Crippen LogP contribution in [0.15, 0.2) is 30.3 Å². The lowest BCUT2D eigenvalue weighted by molar-refractivity contribution is -0.0498. The number of hydrogen-bond acceptors (Lipinski definition) is 4. The minimum absolute atomic E-state index is 0.0817. The van der Waals surface area contributed by atoms with Gasteiger partial charge in [-0.2, -0.15) is 8.78 Å². The molecule has 0 spiro atoms. The minimum atomic E-state index is -2.87. The smallest absolute Gasteiger partial charge is 0.387 e. The Morgan fingerprint density at radius 3 is 2.32 bits per heavy atom. The van der Waals surface area contributed by atoms with E-state index in [2.05, 4.69) is 4.74 Å². The predicted molar refractivity (Wildman–Crippen MR) is 88.5 cm³/mol. The maximum atomic E-state index is 12.2. The zero-order chi connectivity index (χ0) is 18.6. The number of aldehydes is 1. The molecule has 2 aromatic rings. The van der Waals surface area contributed by atoms with E-state index in [0.717, 1.165) is 16.7 Å². The molecule has 0 aliphatic carbocycles. The first-order valence-electron chi connectivity index (χ1n) is 7.57. The second-order valence-electron chi connectivity index (χ2n) is 5.56. The quantitative estimate of drug-likeness (QED) is 0.583. The average molecular weight is 348 g/mol. The summed E-state index contributed by atoms with van der Waals surface area (Å²) < 4.78 is 33.5. The van der Waals surface area contributed by atoms with E-state index < -0.39 is 12.6 Å². The zero-order valence-electron chi connectivity index (χ0n) is 14.1. The van der Waals surface area contributed by atoms with E-state index >= 15 is 0 Å². The molecule has 25 heavy (non-hydrogen) atoms. The van der Waals surface area contributed by atoms with Crippen molar-refractivity contribution in [3.63, 3.8) is 0 Å². The van der Waals surface area contributed by atoms with Crippen molar-refractivity contribution in [3.8, 4) is 5.75 Å². The van der Waals surface area contributed by atoms with E-state index in [0.29, 0.717) is 23.8 Å². The molecule has 0 bridgehead atoms. The summed E-state index contributed by atoms with van der Waals surface area (Å²) in [6.45, 7) is 0.774. The van der Waals surface area contributed by atoms with Crippen LogP contribution in [0.5, 0.6) is 5.75 Å². The van der Waals surface area contributed by atoms with Crippen LogP contribution in [-0.2, 0) is 11.2 Å². The monoisotopic (exact) mass is 348 g/mol. The zero-order valence-corrected chi connectivity index (χ0v) is 14.1. The van der Waals surface area contributed by atoms with Gasteiger partial charge in [-0.3, -0.25) is 4.79 Å². The summed E-state index contributed by atoms with van der Waals surface area (Å²) in [5, 5.41) is 0. The van der Waals surface area contributed by atoms with Crippen molar-refractivity contribution in [2.75, 3.05) is 7.11 Å². The molecule has 6 heteroatoms. The van der Waals surface area contributed by atoms with Crippen molar-refractivity contribution in [3.05, 3.63) is 63.7 Å². The van der Waals surface area contributed by atoms with Crippen LogP contribution in [-0.4, -0.2) is 26.0 Å². The largest absolute Gasteiger partial charge is 0.465 e. The van der Waals surface area contributed by atoms with E-state index in [1.54, 1.807) is 25.1 Å². The molecule has 0 radical (unpaired) electrons. The van der Waals surface area contributed by atoms with Crippen molar-refractivity contribution >= 4 is 12.3 Å². The molecule has 0 aromatic heterocycles. The van der Waals surface area contributed by atoms with Crippen molar-refractivity contribution in [1.82, 2.24) is 0 Å². The highest BCUT2D eigenvalue weighted by atomic mass is 19.3. The van der Waals surface area contributed by atoms with E-state index in [9.17, 15) is 18.4 Å². The van der Waals surface area contributed by atoms with Crippen molar-refractivity contribution in [1.29, 1.82) is 0 Å². The Labute approximate surface area is 144 Å². The Hall–Kier alpha value is -2.76. The Morgan fingerprint density at radius 2 is 1.80 bits per heavy atom. The summed E-state index contributed by atoms with van der Waals surface area (Å²) in [6.07, 6.45) is 1.12. The van der Waals surface area contributed by atoms with Crippen LogP contribution in [0.1, 0.15) is 43.0 Å². The lowest BCUT2D eigenvalue weighted by Gasteiger charge is -2.15. The van der Waals surface area contributed by atoms with Gasteiger partial charge in [0.05, 0.1) is 12.7 Å². The number of rotatable bonds is 6. The highest BCUT2D eigenvalue weighted by molar-refractivity contribution is 5.99. The summed E-state index contributed by atoms with van der Waals surface area (Å²) in [5.74, 6) is -0.495. The molecule has 0 unspecified atom stereocenters. The van der Waals surface area contributed by atoms with Gasteiger partial charge in [0.2, 0.25) is 0 Å². The molecule has 2 rings (SSSR count). The number of carbonyl (C=O) groups is 2. The molecule has 2 aromatic carbocycles. The summed E-state index contributed by atoms with van der Waals surface area (Å²) in [6, 6.07) is 7.92. The maximum absolute atomic E-state index is 12.2. The summed E-state index contributed by atoms with van der Waals surface area (Å²) in [4.78, 5) is 23.3. The van der Waals surface area contributed by atoms with Crippen LogP contribution in [0, 0.1) is 13.8 Å². The molecule has 0 amide bonds. The average Bonchev–Trinajstić information content (AvgIpc) is 2.59. The Bertz CT molecular complexity index is 783. The summed E-state index contributed by atoms with van der Waals surface area (Å²) >= 11 is 0. The number of methoxy groups -OCH3 is 1. The first-order chi connectivity index (χ1) is 11.9. The van der Waals surface area contributed by atoms with Gasteiger partial charge in [-0.15, -0.1) is 0 Å². The van der Waals surface area contributed by atoms with Gasteiger partial charge in [-0.1, -0.05) is 12.1 Å². The van der Waals surface area contributed by atoms with Crippen LogP contribution in [0.25, 0.3) is 0 Å². The first kappa shape index (κ1) is 18.6. The molecule has 0 fully saturated rings. The van der Waals surface area contributed by atoms with Crippen LogP contribution in [0.4, 0.5) is 8.78 Å². The third kappa shape index (κ3) is 4.21. The minimum Gasteiger partial charge on any atom is -0.465 e. The van der Waals surface area contributed by atoms with Gasteiger partial charge < -0.3 is 9.47 Å². The molecular formula is C19H18F2O4. The number of esters is 1. The van der Waals surface area contributed by atoms with Crippen molar-refractivity contribution in [2.24, 2.45) is 0 Å². The highest BCUT2D eigenvalue weighted by Gasteiger charge is 2.18. The van der Waals surface area contributed by atoms with Gasteiger partial charge >= 0.3 is 12.6 Å². The van der Waals surface area contributed by atoms with Crippen LogP contribution in [0.3, 0.4) is 0 Å². The topological polar surface area (TPSA) is 52.6 Å². The third-order valence-corrected chi connectivity index (χ3v) is 4.12. The van der Waals surface area contributed by atoms with Gasteiger partial charge in [0.15, 0.2) is 6.29 Å². The molecule has 0 saturated heterocycles. The molecule has 132 valence electrons. The van der Waals surface area contributed by atoms with Crippen molar-refractivity contribution < 1.29 is 27.8 Å². The predicted octanol–water partition coefficient (Wildman–Crippen LogP) is 4.09. The molecule has 0 N–H and O–H groups in total. The third-order valence-electron chi connectivity index (χ3n) is 4.12. The number of ether oxygens (including phenoxy) is 2. The van der Waals surface area contributed by atoms with Gasteiger partial charge in [0, 0.05) is 5.56 Å². The van der Waals surface area contributed by atoms with Gasteiger partial charge in [-0.05, 0) is 60.7 Å². The summed E-state index contributed by atoms with van der Waals surface area (Å²) in [7, 11) is 1.26. The fraction of sp³-hybridized carbons (Fsp3) is 0.263. The Balaban J connectivity index is 2.37. The number of halogens is 2. The SMILES string of the molecule is COC(=O)c1cc(Cc2ccc(OC(F)F)cc2)c(C)c(C)c1C=O. The highest BCUT2D eigenvalue weighted by Crippen LogP contribution is 2.25. The lowest BCUT2D eigenvalue weighted by Crippen LogP contribution is -2.10. The number of alkyl halides is 2. The fourth-order valence-electron chi connectivity index (χ4n) is 2.63. The van der Waals surface area contributed by atoms with Crippen molar-refractivity contribution in [2.45, 2.75) is 26.9 Å². The second kappa shape index (κ2) is 7.88. The first-order valence-corrected chi connectivity index (χ1v) is 7.57. The molecule has 0 saturated carbocycles. The normalized spacial score (nSPS) is 10.6. The van der Waals surface area contributed by atoms with Crippen LogP contribution < -0.4 is 4.74 Å². The van der Waals surface area contributed by atoms with Gasteiger partial charge in [0.25, 0.3) is 0 Å². The van der Waals surface area contributed by atoms with Crippen LogP contribution >= 0.6 is 0 Å². The van der Waals surface area contributed by atoms with Gasteiger partial charge in [-0.25, -0.2) is 4.79 Å². The van der Waals surface area contributed by atoms with E-state index in [1.807, 2.05) is 6.92 Å². The van der Waals surface area contributed by atoms with E-state index in [1.165, 1.54) is 19.2 Å². The molecular weight excluding hydrogens is 330 g/mol. The van der Waals surface area contributed by atoms with Crippen LogP contribution in [0.2, 0.25) is 0 Å². The fourth-order valence-corrected chi connectivity index (χ4v) is 2.63. The molecule has 0 atom stereocenters. The molecule has 4 nitrogen and oxygen atoms in total. The maximum Gasteiger partial charge on any atom is 0.387 e. The number of carbonyl (C=O) groups excluding carboxylic acids is 2. The number of benzene rings is 2. The van der Waals surface area contributed by atoms with E-state index in [-0.39, 0.29) is 11.3 Å².